The molecule has 0 aliphatic carbocycles. The van der Waals surface area contributed by atoms with Crippen molar-refractivity contribution >= 4 is 22.5 Å². The summed E-state index contributed by atoms with van der Waals surface area (Å²) in [7, 11) is 0. The molecule has 0 fully saturated rings. The van der Waals surface area contributed by atoms with Gasteiger partial charge >= 0.3 is 0 Å². The second-order valence-corrected chi connectivity index (χ2v) is 5.95. The van der Waals surface area contributed by atoms with E-state index >= 15 is 0 Å². The van der Waals surface area contributed by atoms with Gasteiger partial charge in [0.15, 0.2) is 0 Å². The van der Waals surface area contributed by atoms with Crippen LogP contribution in [0.5, 0.6) is 0 Å². The fourth-order valence-electron chi connectivity index (χ4n) is 3.32. The Labute approximate surface area is 132 Å². The van der Waals surface area contributed by atoms with E-state index in [0.717, 1.165) is 39.1 Å². The van der Waals surface area contributed by atoms with Gasteiger partial charge in [0.05, 0.1) is 28.8 Å². The van der Waals surface area contributed by atoms with Crippen LogP contribution in [-0.4, -0.2) is 21.1 Å². The van der Waals surface area contributed by atoms with Crippen molar-refractivity contribution in [1.29, 1.82) is 5.26 Å². The largest absolute Gasteiger partial charge is 0.336 e. The number of aromatic amines is 1. The van der Waals surface area contributed by atoms with E-state index < -0.39 is 0 Å². The molecule has 1 aromatic carbocycles. The van der Waals surface area contributed by atoms with Crippen LogP contribution < -0.4 is 0 Å². The Balaban J connectivity index is 1.96. The molecule has 2 unspecified atom stereocenters. The molecule has 3 aromatic rings. The smallest absolute Gasteiger partial charge is 0.254 e. The molecule has 6 heteroatoms. The zero-order valence-corrected chi connectivity index (χ0v) is 13.1. The van der Waals surface area contributed by atoms with Crippen molar-refractivity contribution in [2.24, 2.45) is 10.9 Å². The van der Waals surface area contributed by atoms with Crippen LogP contribution >= 0.6 is 0 Å². The minimum atomic E-state index is -0.328. The highest BCUT2D eigenvalue weighted by molar-refractivity contribution is 5.92. The number of nitriles is 1. The van der Waals surface area contributed by atoms with Crippen molar-refractivity contribution in [2.75, 3.05) is 0 Å². The molecule has 0 saturated carbocycles. The fraction of sp³-hybridized carbons (Fsp3) is 0.294. The van der Waals surface area contributed by atoms with Crippen molar-refractivity contribution < 1.29 is 4.52 Å². The first-order chi connectivity index (χ1) is 11.1. The Kier molecular flexibility index (Phi) is 2.85. The van der Waals surface area contributed by atoms with Crippen LogP contribution in [0.1, 0.15) is 35.4 Å². The van der Waals surface area contributed by atoms with Crippen molar-refractivity contribution in [3.05, 3.63) is 40.7 Å². The van der Waals surface area contributed by atoms with Gasteiger partial charge in [0.1, 0.15) is 0 Å². The molecular formula is C17H15N5O. The van der Waals surface area contributed by atoms with Gasteiger partial charge in [0, 0.05) is 22.7 Å². The summed E-state index contributed by atoms with van der Waals surface area (Å²) in [6.45, 7) is 5.75. The summed E-state index contributed by atoms with van der Waals surface area (Å²) in [6.07, 6.45) is 0. The van der Waals surface area contributed by atoms with E-state index in [1.807, 2.05) is 32.9 Å². The number of nitrogens with one attached hydrogen (secondary N) is 1. The zero-order chi connectivity index (χ0) is 16.1. The van der Waals surface area contributed by atoms with Crippen molar-refractivity contribution in [2.45, 2.75) is 26.7 Å². The van der Waals surface area contributed by atoms with E-state index in [1.54, 1.807) is 0 Å². The highest BCUT2D eigenvalue weighted by Crippen LogP contribution is 2.44. The average Bonchev–Trinajstić information content (AvgIpc) is 3.09. The van der Waals surface area contributed by atoms with Gasteiger partial charge in [-0.1, -0.05) is 11.2 Å². The Hall–Kier alpha value is -2.94. The van der Waals surface area contributed by atoms with Crippen LogP contribution in [0.3, 0.4) is 0 Å². The molecule has 0 spiro atoms. The monoisotopic (exact) mass is 305 g/mol. The van der Waals surface area contributed by atoms with Gasteiger partial charge in [-0.05, 0) is 38.5 Å². The van der Waals surface area contributed by atoms with Crippen molar-refractivity contribution in [3.63, 3.8) is 0 Å². The first kappa shape index (κ1) is 13.7. The summed E-state index contributed by atoms with van der Waals surface area (Å²) in [6, 6.07) is 8.49. The summed E-state index contributed by atoms with van der Waals surface area (Å²) >= 11 is 0. The molecule has 114 valence electrons. The molecule has 1 N–H and O–H groups in total. The number of rotatable bonds is 1. The summed E-state index contributed by atoms with van der Waals surface area (Å²) in [4.78, 5) is 4.41. The Bertz CT molecular complexity index is 988. The van der Waals surface area contributed by atoms with Gasteiger partial charge in [-0.3, -0.25) is 5.10 Å². The van der Waals surface area contributed by atoms with Crippen molar-refractivity contribution in [3.8, 4) is 6.07 Å². The van der Waals surface area contributed by atoms with Crippen LogP contribution in [-0.2, 0) is 0 Å². The third kappa shape index (κ3) is 1.90. The maximum Gasteiger partial charge on any atom is 0.254 e. The summed E-state index contributed by atoms with van der Waals surface area (Å²) < 4.78 is 5.33. The van der Waals surface area contributed by atoms with E-state index in [1.165, 1.54) is 0 Å². The lowest BCUT2D eigenvalue weighted by molar-refractivity contribution is 0.423. The first-order valence-corrected chi connectivity index (χ1v) is 7.45. The highest BCUT2D eigenvalue weighted by Gasteiger charge is 2.37. The van der Waals surface area contributed by atoms with Gasteiger partial charge in [-0.25, -0.2) is 4.99 Å². The molecule has 4 rings (SSSR count). The summed E-state index contributed by atoms with van der Waals surface area (Å²) in [5.74, 6) is 0.0585. The molecule has 0 radical (unpaired) electrons. The zero-order valence-electron chi connectivity index (χ0n) is 13.1. The predicted molar refractivity (Wildman–Crippen MR) is 85.8 cm³/mol. The van der Waals surface area contributed by atoms with Gasteiger partial charge in [-0.2, -0.15) is 10.4 Å². The van der Waals surface area contributed by atoms with Crippen molar-refractivity contribution in [1.82, 2.24) is 15.4 Å². The summed E-state index contributed by atoms with van der Waals surface area (Å²) in [5.41, 5.74) is 5.43. The first-order valence-electron chi connectivity index (χ1n) is 7.45. The van der Waals surface area contributed by atoms with E-state index in [-0.39, 0.29) is 11.8 Å². The predicted octanol–water partition coefficient (Wildman–Crippen LogP) is 3.55. The lowest BCUT2D eigenvalue weighted by atomic mass is 9.77. The van der Waals surface area contributed by atoms with E-state index in [9.17, 15) is 5.26 Å². The third-order valence-corrected chi connectivity index (χ3v) is 4.53. The normalized spacial score (nSPS) is 20.2. The molecule has 1 aliphatic rings. The van der Waals surface area contributed by atoms with E-state index in [4.69, 9.17) is 4.52 Å². The molecule has 3 heterocycles. The molecular weight excluding hydrogens is 290 g/mol. The van der Waals surface area contributed by atoms with Gasteiger partial charge in [0.25, 0.3) is 5.88 Å². The highest BCUT2D eigenvalue weighted by atomic mass is 16.5. The SMILES string of the molecule is CC1=Nc2onc(C)c2C(c2ccc3n[nH]c(C)c3c2)C1C#N. The van der Waals surface area contributed by atoms with Crippen LogP contribution in [0.25, 0.3) is 10.9 Å². The number of H-pyrrole nitrogens is 1. The second kappa shape index (κ2) is 4.78. The molecule has 0 bridgehead atoms. The lowest BCUT2D eigenvalue weighted by Crippen LogP contribution is -2.23. The molecule has 0 saturated heterocycles. The molecule has 2 atom stereocenters. The topological polar surface area (TPSA) is 90.9 Å². The van der Waals surface area contributed by atoms with Crippen LogP contribution in [0, 0.1) is 31.1 Å². The van der Waals surface area contributed by atoms with Crippen LogP contribution in [0.4, 0.5) is 5.88 Å². The number of nitrogens with zero attached hydrogens (tertiary/aromatic N) is 4. The number of hydrogen-bond acceptors (Lipinski definition) is 5. The average molecular weight is 305 g/mol. The van der Waals surface area contributed by atoms with Crippen LogP contribution in [0.15, 0.2) is 27.7 Å². The van der Waals surface area contributed by atoms with E-state index in [0.29, 0.717) is 5.88 Å². The van der Waals surface area contributed by atoms with E-state index in [2.05, 4.69) is 32.5 Å². The quantitative estimate of drug-likeness (QED) is 0.744. The van der Waals surface area contributed by atoms with Gasteiger partial charge in [0.2, 0.25) is 0 Å². The Morgan fingerprint density at radius 3 is 2.87 bits per heavy atom. The molecule has 6 nitrogen and oxygen atoms in total. The van der Waals surface area contributed by atoms with Crippen LogP contribution in [0.2, 0.25) is 0 Å². The number of aromatic nitrogens is 3. The lowest BCUT2D eigenvalue weighted by Gasteiger charge is -2.25. The Morgan fingerprint density at radius 1 is 1.26 bits per heavy atom. The third-order valence-electron chi connectivity index (χ3n) is 4.53. The molecule has 23 heavy (non-hydrogen) atoms. The van der Waals surface area contributed by atoms with Gasteiger partial charge < -0.3 is 4.52 Å². The molecule has 0 amide bonds. The number of hydrogen-bond donors (Lipinski definition) is 1. The standard InChI is InChI=1S/C17H15N5O/c1-8-13(7-18)16(15-10(3)22-23-17(15)19-8)11-4-5-14-12(6-11)9(2)20-21-14/h4-6,13,16H,1-3H3,(H,20,21). The number of benzene rings is 1. The molecule has 1 aliphatic heterocycles. The fourth-order valence-corrected chi connectivity index (χ4v) is 3.32. The Morgan fingerprint density at radius 2 is 2.09 bits per heavy atom. The second-order valence-electron chi connectivity index (χ2n) is 5.95. The number of aryl methyl sites for hydroxylation is 2. The molecule has 2 aromatic heterocycles. The minimum absolute atomic E-state index is 0.127. The number of aliphatic imine (C=N–C) groups is 1. The van der Waals surface area contributed by atoms with Gasteiger partial charge in [-0.15, -0.1) is 0 Å². The maximum atomic E-state index is 9.67. The minimum Gasteiger partial charge on any atom is -0.336 e. The summed E-state index contributed by atoms with van der Waals surface area (Å²) in [5, 5.41) is 22.0. The maximum absolute atomic E-state index is 9.67. The number of fused-ring (bicyclic) bond motifs is 2.